The summed E-state index contributed by atoms with van der Waals surface area (Å²) in [5.74, 6) is 2.43. The maximum atomic E-state index is 13.5. The summed E-state index contributed by atoms with van der Waals surface area (Å²) in [6.07, 6.45) is 0. The smallest absolute Gasteiger partial charge is 0.266 e. The Morgan fingerprint density at radius 2 is 1.68 bits per heavy atom. The van der Waals surface area contributed by atoms with Gasteiger partial charge in [-0.2, -0.15) is 0 Å². The van der Waals surface area contributed by atoms with Crippen LogP contribution >= 0.6 is 11.8 Å². The van der Waals surface area contributed by atoms with E-state index in [1.165, 1.54) is 17.3 Å². The maximum Gasteiger partial charge on any atom is 0.266 e. The average molecular weight is 470 g/mol. The number of benzene rings is 3. The van der Waals surface area contributed by atoms with Crippen molar-refractivity contribution in [3.63, 3.8) is 0 Å². The summed E-state index contributed by atoms with van der Waals surface area (Å²) in [5, 5.41) is 1.12. The van der Waals surface area contributed by atoms with Gasteiger partial charge >= 0.3 is 0 Å². The first-order valence-corrected chi connectivity index (χ1v) is 11.8. The Morgan fingerprint density at radius 1 is 0.941 bits per heavy atom. The van der Waals surface area contributed by atoms with Crippen LogP contribution in [0.25, 0.3) is 28.0 Å². The second-order valence-corrected chi connectivity index (χ2v) is 8.84. The van der Waals surface area contributed by atoms with Gasteiger partial charge in [0.2, 0.25) is 5.89 Å². The molecular weight excluding hydrogens is 446 g/mol. The summed E-state index contributed by atoms with van der Waals surface area (Å²) in [6.45, 7) is 3.95. The predicted octanol–water partition coefficient (Wildman–Crippen LogP) is 5.96. The van der Waals surface area contributed by atoms with Gasteiger partial charge in [-0.05, 0) is 50.2 Å². The van der Waals surface area contributed by atoms with E-state index in [4.69, 9.17) is 19.1 Å². The number of hydrogen-bond acceptors (Lipinski definition) is 6. The quantitative estimate of drug-likeness (QED) is 0.226. The van der Waals surface area contributed by atoms with Gasteiger partial charge in [-0.3, -0.25) is 9.36 Å². The van der Waals surface area contributed by atoms with Crippen LogP contribution < -0.4 is 10.3 Å². The lowest BCUT2D eigenvalue weighted by molar-refractivity contribution is 0.411. The van der Waals surface area contributed by atoms with E-state index < -0.39 is 0 Å². The minimum absolute atomic E-state index is 0.144. The Hall–Kier alpha value is -3.84. The number of methoxy groups -OCH3 is 1. The number of para-hydroxylation sites is 3. The molecule has 3 aromatic carbocycles. The van der Waals surface area contributed by atoms with E-state index in [1.807, 2.05) is 80.6 Å². The molecule has 5 aromatic rings. The number of ether oxygens (including phenoxy) is 1. The fourth-order valence-corrected chi connectivity index (χ4v) is 4.76. The highest BCUT2D eigenvalue weighted by atomic mass is 32.2. The molecule has 0 saturated heterocycles. The molecule has 0 N–H and O–H groups in total. The summed E-state index contributed by atoms with van der Waals surface area (Å²) < 4.78 is 13.1. The van der Waals surface area contributed by atoms with Crippen molar-refractivity contribution >= 4 is 22.7 Å². The third-order valence-corrected chi connectivity index (χ3v) is 6.55. The minimum atomic E-state index is -0.144. The molecule has 170 valence electrons. The zero-order chi connectivity index (χ0) is 23.7. The lowest BCUT2D eigenvalue weighted by atomic mass is 10.1. The molecule has 7 heteroatoms. The Kier molecular flexibility index (Phi) is 5.94. The SMILES string of the molecule is COc1ccccc1-n1c(SCc2nc(-c3ccc(C)cc3)oc2C)nc2ccccc2c1=O. The molecule has 34 heavy (non-hydrogen) atoms. The number of oxazole rings is 1. The zero-order valence-corrected chi connectivity index (χ0v) is 19.9. The van der Waals surface area contributed by atoms with Crippen molar-refractivity contribution in [1.29, 1.82) is 0 Å². The van der Waals surface area contributed by atoms with Crippen LogP contribution in [-0.2, 0) is 5.75 Å². The van der Waals surface area contributed by atoms with Crippen molar-refractivity contribution in [1.82, 2.24) is 14.5 Å². The van der Waals surface area contributed by atoms with Gasteiger partial charge in [-0.15, -0.1) is 0 Å². The molecule has 0 radical (unpaired) electrons. The maximum absolute atomic E-state index is 13.5. The monoisotopic (exact) mass is 469 g/mol. The number of hydrogen-bond donors (Lipinski definition) is 0. The first-order chi connectivity index (χ1) is 16.5. The first kappa shape index (κ1) is 22.0. The largest absolute Gasteiger partial charge is 0.495 e. The second-order valence-electron chi connectivity index (χ2n) is 7.90. The van der Waals surface area contributed by atoms with Crippen LogP contribution in [0.2, 0.25) is 0 Å². The predicted molar refractivity (Wildman–Crippen MR) is 135 cm³/mol. The number of aryl methyl sites for hydroxylation is 2. The topological polar surface area (TPSA) is 70.2 Å². The summed E-state index contributed by atoms with van der Waals surface area (Å²) in [6, 6.07) is 22.9. The third kappa shape index (κ3) is 4.10. The highest BCUT2D eigenvalue weighted by Gasteiger charge is 2.18. The van der Waals surface area contributed by atoms with Crippen molar-refractivity contribution in [3.05, 3.63) is 100 Å². The third-order valence-electron chi connectivity index (χ3n) is 5.60. The van der Waals surface area contributed by atoms with Crippen molar-refractivity contribution in [2.75, 3.05) is 7.11 Å². The molecular formula is C27H23N3O3S. The molecule has 0 atom stereocenters. The molecule has 0 aliphatic heterocycles. The van der Waals surface area contributed by atoms with Crippen LogP contribution in [0.4, 0.5) is 0 Å². The molecule has 2 aromatic heterocycles. The van der Waals surface area contributed by atoms with E-state index in [0.29, 0.717) is 39.1 Å². The molecule has 6 nitrogen and oxygen atoms in total. The van der Waals surface area contributed by atoms with Gasteiger partial charge in [0.15, 0.2) is 5.16 Å². The standard InChI is InChI=1S/C27H23N3O3S/c1-17-12-14-19(15-13-17)25-28-22(18(2)33-25)16-34-27-29-21-9-5-4-8-20(21)26(31)30(27)23-10-6-7-11-24(23)32-3/h4-15H,16H2,1-3H3. The lowest BCUT2D eigenvalue weighted by Gasteiger charge is -2.15. The van der Waals surface area contributed by atoms with Gasteiger partial charge in [0.05, 0.1) is 29.4 Å². The Bertz CT molecular complexity index is 1540. The van der Waals surface area contributed by atoms with Crippen molar-refractivity contribution < 1.29 is 9.15 Å². The van der Waals surface area contributed by atoms with Crippen molar-refractivity contribution in [3.8, 4) is 22.9 Å². The van der Waals surface area contributed by atoms with Crippen molar-refractivity contribution in [2.45, 2.75) is 24.8 Å². The lowest BCUT2D eigenvalue weighted by Crippen LogP contribution is -2.22. The number of nitrogens with zero attached hydrogens (tertiary/aromatic N) is 3. The van der Waals surface area contributed by atoms with Crippen LogP contribution in [-0.4, -0.2) is 21.6 Å². The fraction of sp³-hybridized carbons (Fsp3) is 0.148. The van der Waals surface area contributed by atoms with Crippen molar-refractivity contribution in [2.24, 2.45) is 0 Å². The number of thioether (sulfide) groups is 1. The normalized spacial score (nSPS) is 11.1. The van der Waals surface area contributed by atoms with E-state index in [1.54, 1.807) is 17.7 Å². The fourth-order valence-electron chi connectivity index (χ4n) is 3.75. The summed E-state index contributed by atoms with van der Waals surface area (Å²) in [4.78, 5) is 23.1. The van der Waals surface area contributed by atoms with Gasteiger partial charge in [-0.25, -0.2) is 9.97 Å². The van der Waals surface area contributed by atoms with Gasteiger partial charge < -0.3 is 9.15 Å². The summed E-state index contributed by atoms with van der Waals surface area (Å²) in [5.41, 5.74) is 4.08. The number of rotatable bonds is 6. The first-order valence-electron chi connectivity index (χ1n) is 10.9. The van der Waals surface area contributed by atoms with Gasteiger partial charge in [0.1, 0.15) is 11.5 Å². The van der Waals surface area contributed by atoms with E-state index in [0.717, 1.165) is 17.0 Å². The molecule has 0 bridgehead atoms. The molecule has 0 saturated carbocycles. The highest BCUT2D eigenvalue weighted by molar-refractivity contribution is 7.98. The molecule has 0 aliphatic carbocycles. The molecule has 0 aliphatic rings. The summed E-state index contributed by atoms with van der Waals surface area (Å²) in [7, 11) is 1.59. The molecule has 2 heterocycles. The number of aromatic nitrogens is 3. The molecule has 5 rings (SSSR count). The van der Waals surface area contributed by atoms with Gasteiger partial charge in [0, 0.05) is 11.3 Å². The van der Waals surface area contributed by atoms with Crippen LogP contribution in [0.3, 0.4) is 0 Å². The van der Waals surface area contributed by atoms with Crippen LogP contribution in [0, 0.1) is 13.8 Å². The zero-order valence-electron chi connectivity index (χ0n) is 19.1. The molecule has 0 amide bonds. The average Bonchev–Trinajstić information content (AvgIpc) is 3.23. The molecule has 0 unspecified atom stereocenters. The second kappa shape index (κ2) is 9.19. The van der Waals surface area contributed by atoms with Crippen LogP contribution in [0.5, 0.6) is 5.75 Å². The minimum Gasteiger partial charge on any atom is -0.495 e. The van der Waals surface area contributed by atoms with E-state index in [9.17, 15) is 4.79 Å². The molecule has 0 spiro atoms. The summed E-state index contributed by atoms with van der Waals surface area (Å²) >= 11 is 1.44. The van der Waals surface area contributed by atoms with E-state index in [-0.39, 0.29) is 5.56 Å². The van der Waals surface area contributed by atoms with E-state index >= 15 is 0 Å². The number of fused-ring (bicyclic) bond motifs is 1. The Morgan fingerprint density at radius 3 is 2.47 bits per heavy atom. The van der Waals surface area contributed by atoms with Crippen LogP contribution in [0.1, 0.15) is 17.0 Å². The van der Waals surface area contributed by atoms with Gasteiger partial charge in [0.25, 0.3) is 5.56 Å². The van der Waals surface area contributed by atoms with Gasteiger partial charge in [-0.1, -0.05) is 53.7 Å². The molecule has 0 fully saturated rings. The van der Waals surface area contributed by atoms with E-state index in [2.05, 4.69) is 0 Å². The Balaban J connectivity index is 1.56. The van der Waals surface area contributed by atoms with Crippen LogP contribution in [0.15, 0.2) is 87.2 Å². The highest BCUT2D eigenvalue weighted by Crippen LogP contribution is 2.30. The Labute approximate surface area is 201 Å².